The maximum absolute atomic E-state index is 2.26. The van der Waals surface area contributed by atoms with Crippen LogP contribution in [0.4, 0.5) is 5.69 Å². The molecule has 0 spiro atoms. The van der Waals surface area contributed by atoms with Gasteiger partial charge in [-0.25, -0.2) is 0 Å². The van der Waals surface area contributed by atoms with E-state index in [2.05, 4.69) is 61.3 Å². The van der Waals surface area contributed by atoms with Crippen molar-refractivity contribution in [3.8, 4) is 0 Å². The first-order valence-corrected chi connectivity index (χ1v) is 6.22. The van der Waals surface area contributed by atoms with Gasteiger partial charge in [0.15, 0.2) is 0 Å². The van der Waals surface area contributed by atoms with Gasteiger partial charge in [-0.05, 0) is 23.8 Å². The molecule has 0 unspecified atom stereocenters. The minimum Gasteiger partial charge on any atom is -0.338 e. The molecule has 17 heavy (non-hydrogen) atoms. The number of benzene rings is 2. The van der Waals surface area contributed by atoms with E-state index in [4.69, 9.17) is 0 Å². The normalized spacial score (nSPS) is 16.1. The van der Waals surface area contributed by atoms with Crippen molar-refractivity contribution in [2.75, 3.05) is 11.9 Å². The molecule has 0 amide bonds. The van der Waals surface area contributed by atoms with Gasteiger partial charge in [-0.1, -0.05) is 48.2 Å². The molecule has 0 bridgehead atoms. The molecule has 1 heterocycles. The SMILES string of the molecule is C/C=C1\Sc2c(ccc3ccccc23)N1C.I. The summed E-state index contributed by atoms with van der Waals surface area (Å²) in [5.74, 6) is 0. The van der Waals surface area contributed by atoms with Crippen LogP contribution in [0.25, 0.3) is 10.8 Å². The third kappa shape index (κ3) is 1.95. The largest absolute Gasteiger partial charge is 0.338 e. The molecule has 0 saturated carbocycles. The Morgan fingerprint density at radius 3 is 2.65 bits per heavy atom. The van der Waals surface area contributed by atoms with Crippen LogP contribution >= 0.6 is 35.7 Å². The highest BCUT2D eigenvalue weighted by Gasteiger charge is 2.22. The summed E-state index contributed by atoms with van der Waals surface area (Å²) in [5, 5.41) is 3.99. The summed E-state index contributed by atoms with van der Waals surface area (Å²) in [6, 6.07) is 13.0. The summed E-state index contributed by atoms with van der Waals surface area (Å²) < 4.78 is 0. The second-order valence-electron chi connectivity index (χ2n) is 3.92. The van der Waals surface area contributed by atoms with Gasteiger partial charge in [-0.2, -0.15) is 0 Å². The molecule has 0 radical (unpaired) electrons. The van der Waals surface area contributed by atoms with Crippen LogP contribution in [-0.2, 0) is 0 Å². The molecule has 88 valence electrons. The molecule has 0 aromatic heterocycles. The van der Waals surface area contributed by atoms with Crippen molar-refractivity contribution < 1.29 is 0 Å². The number of allylic oxidation sites excluding steroid dienone is 1. The van der Waals surface area contributed by atoms with Crippen molar-refractivity contribution in [1.82, 2.24) is 0 Å². The second kappa shape index (κ2) is 4.90. The number of hydrogen-bond donors (Lipinski definition) is 0. The predicted molar refractivity (Wildman–Crippen MR) is 87.4 cm³/mol. The molecule has 1 aliphatic heterocycles. The Hall–Kier alpha value is -0.680. The first-order chi connectivity index (χ1) is 7.81. The monoisotopic (exact) mass is 355 g/mol. The first-order valence-electron chi connectivity index (χ1n) is 5.41. The Balaban J connectivity index is 0.00000108. The quantitative estimate of drug-likeness (QED) is 0.621. The first kappa shape index (κ1) is 12.8. The zero-order valence-electron chi connectivity index (χ0n) is 9.81. The molecule has 0 fully saturated rings. The second-order valence-corrected chi connectivity index (χ2v) is 4.95. The van der Waals surface area contributed by atoms with Gasteiger partial charge in [0.1, 0.15) is 0 Å². The molecule has 0 N–H and O–H groups in total. The molecule has 2 aromatic carbocycles. The van der Waals surface area contributed by atoms with E-state index in [1.165, 1.54) is 26.4 Å². The van der Waals surface area contributed by atoms with Crippen molar-refractivity contribution in [2.24, 2.45) is 0 Å². The van der Waals surface area contributed by atoms with Gasteiger partial charge < -0.3 is 4.90 Å². The van der Waals surface area contributed by atoms with Crippen molar-refractivity contribution in [3.63, 3.8) is 0 Å². The number of nitrogens with zero attached hydrogens (tertiary/aromatic N) is 1. The van der Waals surface area contributed by atoms with E-state index in [1.54, 1.807) is 0 Å². The zero-order chi connectivity index (χ0) is 11.1. The van der Waals surface area contributed by atoms with Crippen LogP contribution < -0.4 is 4.90 Å². The maximum atomic E-state index is 2.26. The van der Waals surface area contributed by atoms with Crippen LogP contribution in [0.2, 0.25) is 0 Å². The molecule has 1 aliphatic rings. The molecule has 0 atom stereocenters. The minimum absolute atomic E-state index is 0. The highest BCUT2D eigenvalue weighted by molar-refractivity contribution is 14.0. The average molecular weight is 355 g/mol. The lowest BCUT2D eigenvalue weighted by Crippen LogP contribution is -2.08. The number of hydrogen-bond acceptors (Lipinski definition) is 2. The van der Waals surface area contributed by atoms with Crippen LogP contribution in [0.3, 0.4) is 0 Å². The summed E-state index contributed by atoms with van der Waals surface area (Å²) in [7, 11) is 2.13. The Bertz CT molecular complexity index is 592. The topological polar surface area (TPSA) is 3.24 Å². The van der Waals surface area contributed by atoms with Crippen LogP contribution in [0.5, 0.6) is 0 Å². The average Bonchev–Trinajstić information content (AvgIpc) is 2.67. The smallest absolute Gasteiger partial charge is 0.0755 e. The van der Waals surface area contributed by atoms with Crippen LogP contribution in [0, 0.1) is 0 Å². The lowest BCUT2D eigenvalue weighted by Gasteiger charge is -2.12. The Labute approximate surface area is 123 Å². The fourth-order valence-electron chi connectivity index (χ4n) is 2.15. The van der Waals surface area contributed by atoms with Gasteiger partial charge >= 0.3 is 0 Å². The van der Waals surface area contributed by atoms with Gasteiger partial charge in [-0.15, -0.1) is 24.0 Å². The van der Waals surface area contributed by atoms with Crippen LogP contribution in [0.1, 0.15) is 6.92 Å². The van der Waals surface area contributed by atoms with E-state index in [-0.39, 0.29) is 24.0 Å². The minimum atomic E-state index is 0. The Kier molecular flexibility index (Phi) is 3.68. The lowest BCUT2D eigenvalue weighted by atomic mass is 10.1. The fourth-order valence-corrected chi connectivity index (χ4v) is 3.31. The number of anilines is 1. The molecule has 2 aromatic rings. The molecule has 0 saturated heterocycles. The van der Waals surface area contributed by atoms with E-state index >= 15 is 0 Å². The summed E-state index contributed by atoms with van der Waals surface area (Å²) in [6.07, 6.45) is 2.17. The lowest BCUT2D eigenvalue weighted by molar-refractivity contribution is 1.18. The number of fused-ring (bicyclic) bond motifs is 3. The van der Waals surface area contributed by atoms with Gasteiger partial charge in [0.05, 0.1) is 10.7 Å². The van der Waals surface area contributed by atoms with E-state index in [0.717, 1.165) is 0 Å². The number of halogens is 1. The third-order valence-electron chi connectivity index (χ3n) is 3.00. The van der Waals surface area contributed by atoms with Gasteiger partial charge in [0.25, 0.3) is 0 Å². The van der Waals surface area contributed by atoms with E-state index < -0.39 is 0 Å². The molecule has 3 heteroatoms. The van der Waals surface area contributed by atoms with Crippen LogP contribution in [-0.4, -0.2) is 7.05 Å². The molecular weight excluding hydrogens is 341 g/mol. The molecule has 1 nitrogen and oxygen atoms in total. The van der Waals surface area contributed by atoms with Gasteiger partial charge in [0, 0.05) is 11.9 Å². The Morgan fingerprint density at radius 2 is 1.88 bits per heavy atom. The van der Waals surface area contributed by atoms with Gasteiger partial charge in [-0.3, -0.25) is 0 Å². The third-order valence-corrected chi connectivity index (χ3v) is 4.36. The van der Waals surface area contributed by atoms with Crippen molar-refractivity contribution >= 4 is 52.2 Å². The molecular formula is C14H14INS. The standard InChI is InChI=1S/C14H13NS.HI/c1-3-13-15(2)12-9-8-10-6-4-5-7-11(10)14(12)16-13;/h3-9H,1-2H3;1H/b13-3-;. The Morgan fingerprint density at radius 1 is 1.12 bits per heavy atom. The van der Waals surface area contributed by atoms with Crippen molar-refractivity contribution in [3.05, 3.63) is 47.5 Å². The number of thioether (sulfide) groups is 1. The van der Waals surface area contributed by atoms with Crippen molar-refractivity contribution in [1.29, 1.82) is 0 Å². The molecule has 0 aliphatic carbocycles. The fraction of sp³-hybridized carbons (Fsp3) is 0.143. The zero-order valence-corrected chi connectivity index (χ0v) is 13.0. The summed E-state index contributed by atoms with van der Waals surface area (Å²) in [6.45, 7) is 2.09. The molecule has 3 rings (SSSR count). The van der Waals surface area contributed by atoms with Crippen LogP contribution in [0.15, 0.2) is 52.4 Å². The highest BCUT2D eigenvalue weighted by Crippen LogP contribution is 2.48. The van der Waals surface area contributed by atoms with E-state index in [9.17, 15) is 0 Å². The van der Waals surface area contributed by atoms with Gasteiger partial charge in [0.2, 0.25) is 0 Å². The highest BCUT2D eigenvalue weighted by atomic mass is 127. The number of rotatable bonds is 0. The predicted octanol–water partition coefficient (Wildman–Crippen LogP) is 4.86. The van der Waals surface area contributed by atoms with E-state index in [0.29, 0.717) is 0 Å². The van der Waals surface area contributed by atoms with Crippen molar-refractivity contribution in [2.45, 2.75) is 11.8 Å². The summed E-state index contributed by atoms with van der Waals surface area (Å²) >= 11 is 1.86. The summed E-state index contributed by atoms with van der Waals surface area (Å²) in [4.78, 5) is 3.64. The summed E-state index contributed by atoms with van der Waals surface area (Å²) in [5.41, 5.74) is 1.32. The van der Waals surface area contributed by atoms with E-state index in [1.807, 2.05) is 11.8 Å². The maximum Gasteiger partial charge on any atom is 0.0755 e.